The molecule has 1 aromatic carbocycles. The predicted molar refractivity (Wildman–Crippen MR) is 129 cm³/mol. The number of nitrogens with zero attached hydrogens (tertiary/aromatic N) is 2. The molecule has 0 spiro atoms. The molecule has 1 amide bonds. The van der Waals surface area contributed by atoms with Crippen LogP contribution in [0.1, 0.15) is 77.9 Å². The number of aromatic nitrogens is 3. The van der Waals surface area contributed by atoms with Gasteiger partial charge in [0, 0.05) is 21.7 Å². The van der Waals surface area contributed by atoms with Gasteiger partial charge < -0.3 is 15.6 Å². The lowest BCUT2D eigenvalue weighted by Gasteiger charge is -2.34. The molecule has 3 rings (SSSR count). The monoisotopic (exact) mass is 443 g/mol. The normalized spacial score (nSPS) is 12.9. The van der Waals surface area contributed by atoms with Gasteiger partial charge in [0.1, 0.15) is 17.0 Å². The van der Waals surface area contributed by atoms with E-state index in [9.17, 15) is 4.79 Å². The topological polar surface area (TPSA) is 74.2 Å². The van der Waals surface area contributed by atoms with Crippen LogP contribution < -0.4 is 10.6 Å². The van der Waals surface area contributed by atoms with Crippen molar-refractivity contribution in [3.63, 3.8) is 0 Å². The number of hydrogen-bond acceptors (Lipinski definition) is 3. The number of rotatable bonds is 5. The molecule has 0 aliphatic rings. The van der Waals surface area contributed by atoms with E-state index in [0.29, 0.717) is 21.9 Å². The molecule has 0 radical (unpaired) electrons. The number of benzene rings is 1. The summed E-state index contributed by atoms with van der Waals surface area (Å²) in [5.74, 6) is 0.668. The van der Waals surface area contributed by atoms with E-state index >= 15 is 0 Å². The molecule has 31 heavy (non-hydrogen) atoms. The van der Waals surface area contributed by atoms with Crippen molar-refractivity contribution in [3.8, 4) is 0 Å². The molecule has 2 aromatic heterocycles. The number of fused-ring (bicyclic) bond motifs is 1. The molecule has 6 nitrogen and oxygen atoms in total. The Morgan fingerprint density at radius 2 is 1.68 bits per heavy atom. The highest BCUT2D eigenvalue weighted by atomic mass is 35.5. The molecular weight excluding hydrogens is 410 g/mol. The number of halogens is 1. The van der Waals surface area contributed by atoms with Crippen molar-refractivity contribution < 1.29 is 4.79 Å². The maximum atomic E-state index is 13.0. The van der Waals surface area contributed by atoms with Gasteiger partial charge in [0.25, 0.3) is 5.91 Å². The summed E-state index contributed by atoms with van der Waals surface area (Å²) >= 11 is 5.94. The van der Waals surface area contributed by atoms with Crippen molar-refractivity contribution >= 4 is 34.7 Å². The number of carbonyl (C=O) groups is 1. The Morgan fingerprint density at radius 1 is 1.06 bits per heavy atom. The summed E-state index contributed by atoms with van der Waals surface area (Å²) in [6.07, 6.45) is 2.58. The largest absolute Gasteiger partial charge is 0.364 e. The molecule has 3 aromatic rings. The third-order valence-corrected chi connectivity index (χ3v) is 5.24. The fourth-order valence-corrected chi connectivity index (χ4v) is 4.29. The molecule has 0 unspecified atom stereocenters. The van der Waals surface area contributed by atoms with Gasteiger partial charge in [-0.3, -0.25) is 4.79 Å². The zero-order valence-corrected chi connectivity index (χ0v) is 20.5. The van der Waals surface area contributed by atoms with Gasteiger partial charge in [-0.2, -0.15) is 9.61 Å². The number of amides is 1. The molecule has 0 aliphatic carbocycles. The summed E-state index contributed by atoms with van der Waals surface area (Å²) in [5.41, 5.74) is 2.70. The van der Waals surface area contributed by atoms with E-state index in [1.807, 2.05) is 4.52 Å². The van der Waals surface area contributed by atoms with Gasteiger partial charge in [-0.25, -0.2) is 0 Å². The van der Waals surface area contributed by atoms with Crippen LogP contribution in [0.5, 0.6) is 0 Å². The highest BCUT2D eigenvalue weighted by Gasteiger charge is 2.32. The second kappa shape index (κ2) is 7.90. The summed E-state index contributed by atoms with van der Waals surface area (Å²) in [6, 6.07) is 7.04. The van der Waals surface area contributed by atoms with Crippen molar-refractivity contribution in [3.05, 3.63) is 46.7 Å². The lowest BCUT2D eigenvalue weighted by atomic mass is 9.81. The van der Waals surface area contributed by atoms with E-state index in [-0.39, 0.29) is 22.3 Å². The number of nitrogens with one attached hydrogen (secondary N) is 3. The van der Waals surface area contributed by atoms with Crippen LogP contribution in [0.3, 0.4) is 0 Å². The van der Waals surface area contributed by atoms with E-state index in [2.05, 4.69) is 76.1 Å². The maximum absolute atomic E-state index is 13.0. The van der Waals surface area contributed by atoms with Gasteiger partial charge in [0.05, 0.1) is 11.9 Å². The van der Waals surface area contributed by atoms with Gasteiger partial charge in [-0.1, -0.05) is 53.1 Å². The number of carbonyl (C=O) groups excluding carboxylic acids is 1. The molecule has 0 aliphatic heterocycles. The van der Waals surface area contributed by atoms with Gasteiger partial charge >= 0.3 is 0 Å². The number of hydrogen-bond donors (Lipinski definition) is 3. The number of aromatic amines is 1. The third-order valence-electron chi connectivity index (χ3n) is 4.99. The molecule has 3 N–H and O–H groups in total. The summed E-state index contributed by atoms with van der Waals surface area (Å²) < 4.78 is 1.81. The first-order chi connectivity index (χ1) is 14.2. The maximum Gasteiger partial charge on any atom is 0.261 e. The van der Waals surface area contributed by atoms with Crippen molar-refractivity contribution in [1.82, 2.24) is 14.6 Å². The van der Waals surface area contributed by atoms with Gasteiger partial charge in [0.2, 0.25) is 0 Å². The Labute approximate surface area is 189 Å². The fourth-order valence-electron chi connectivity index (χ4n) is 4.17. The van der Waals surface area contributed by atoms with Crippen LogP contribution in [0.4, 0.5) is 11.5 Å². The number of imidazole rings is 1. The first-order valence-electron chi connectivity index (χ1n) is 10.6. The number of anilines is 2. The number of H-pyrrole nitrogens is 1. The first-order valence-corrected chi connectivity index (χ1v) is 11.0. The molecule has 168 valence electrons. The van der Waals surface area contributed by atoms with Crippen LogP contribution in [-0.4, -0.2) is 26.0 Å². The van der Waals surface area contributed by atoms with Gasteiger partial charge in [-0.15, -0.1) is 0 Å². The lowest BCUT2D eigenvalue weighted by Crippen LogP contribution is -2.36. The Balaban J connectivity index is 2.00. The summed E-state index contributed by atoms with van der Waals surface area (Å²) in [5, 5.41) is 11.8. The van der Waals surface area contributed by atoms with E-state index in [4.69, 9.17) is 11.6 Å². The van der Waals surface area contributed by atoms with Crippen LogP contribution in [-0.2, 0) is 5.41 Å². The molecule has 0 bridgehead atoms. The summed E-state index contributed by atoms with van der Waals surface area (Å²) in [7, 11) is 0. The van der Waals surface area contributed by atoms with E-state index < -0.39 is 0 Å². The van der Waals surface area contributed by atoms with Gasteiger partial charge in [-0.05, 0) is 49.9 Å². The van der Waals surface area contributed by atoms with Crippen LogP contribution in [0.25, 0.3) is 5.65 Å². The smallest absolute Gasteiger partial charge is 0.261 e. The molecule has 0 saturated heterocycles. The van der Waals surface area contributed by atoms with Gasteiger partial charge in [0.15, 0.2) is 0 Å². The van der Waals surface area contributed by atoms with Crippen molar-refractivity contribution in [2.24, 2.45) is 5.41 Å². The van der Waals surface area contributed by atoms with Crippen LogP contribution in [0, 0.1) is 5.41 Å². The zero-order valence-electron chi connectivity index (χ0n) is 19.8. The minimum atomic E-state index is -0.223. The first kappa shape index (κ1) is 23.2. The quantitative estimate of drug-likeness (QED) is 0.421. The summed E-state index contributed by atoms with van der Waals surface area (Å²) in [6.45, 7) is 17.5. The standard InChI is InChI=1S/C24H34ClN5O/c1-22(2,3)14-24(7,8)29-20-18(23(4,5)6)28-19-17(13-26-30(19)20)21(31)27-16-11-9-15(25)10-12-16/h9-13,28-29H,14H2,1-8H3,(H,27,31). The Hall–Kier alpha value is -2.47. The summed E-state index contributed by atoms with van der Waals surface area (Å²) in [4.78, 5) is 16.4. The van der Waals surface area contributed by atoms with Crippen molar-refractivity contribution in [2.75, 3.05) is 10.6 Å². The second-order valence-electron chi connectivity index (χ2n) is 11.1. The van der Waals surface area contributed by atoms with Crippen molar-refractivity contribution in [1.29, 1.82) is 0 Å². The Kier molecular flexibility index (Phi) is 5.91. The molecule has 0 saturated carbocycles. The fraction of sp³-hybridized carbons (Fsp3) is 0.500. The minimum absolute atomic E-state index is 0.162. The van der Waals surface area contributed by atoms with E-state index in [1.54, 1.807) is 30.5 Å². The highest BCUT2D eigenvalue weighted by molar-refractivity contribution is 6.30. The Bertz CT molecular complexity index is 1080. The minimum Gasteiger partial charge on any atom is -0.364 e. The van der Waals surface area contributed by atoms with Crippen LogP contribution in [0.15, 0.2) is 30.5 Å². The second-order valence-corrected chi connectivity index (χ2v) is 11.6. The zero-order chi connectivity index (χ0) is 23.2. The average molecular weight is 444 g/mol. The molecular formula is C24H34ClN5O. The van der Waals surface area contributed by atoms with Crippen molar-refractivity contribution in [2.45, 2.75) is 72.8 Å². The highest BCUT2D eigenvalue weighted by Crippen LogP contribution is 2.35. The average Bonchev–Trinajstić information content (AvgIpc) is 3.14. The Morgan fingerprint density at radius 3 is 2.23 bits per heavy atom. The predicted octanol–water partition coefficient (Wildman–Crippen LogP) is 6.49. The SMILES string of the molecule is CC(C)(C)CC(C)(C)Nc1c(C(C)(C)C)[nH]c2c(C(=O)Nc3ccc(Cl)cc3)cnn12. The van der Waals surface area contributed by atoms with Crippen LogP contribution in [0.2, 0.25) is 5.02 Å². The third kappa shape index (κ3) is 5.42. The molecule has 7 heteroatoms. The molecule has 0 fully saturated rings. The van der Waals surface area contributed by atoms with E-state index in [0.717, 1.165) is 17.9 Å². The molecule has 2 heterocycles. The van der Waals surface area contributed by atoms with E-state index in [1.165, 1.54) is 0 Å². The lowest BCUT2D eigenvalue weighted by molar-refractivity contribution is 0.102. The van der Waals surface area contributed by atoms with Crippen LogP contribution >= 0.6 is 11.6 Å². The molecule has 0 atom stereocenters.